The van der Waals surface area contributed by atoms with Gasteiger partial charge in [-0.1, -0.05) is 0 Å². The fourth-order valence-electron chi connectivity index (χ4n) is 1.34. The molecule has 16 heavy (non-hydrogen) atoms. The van der Waals surface area contributed by atoms with Gasteiger partial charge in [0.2, 0.25) is 0 Å². The summed E-state index contributed by atoms with van der Waals surface area (Å²) in [6.07, 6.45) is -0.840. The highest BCUT2D eigenvalue weighted by Gasteiger charge is 2.15. The van der Waals surface area contributed by atoms with Gasteiger partial charge in [-0.15, -0.1) is 0 Å². The first-order valence-electron chi connectivity index (χ1n) is 5.05. The number of nitrogens with zero attached hydrogens (tertiary/aromatic N) is 1. The predicted octanol–water partition coefficient (Wildman–Crippen LogP) is 2.44. The van der Waals surface area contributed by atoms with Gasteiger partial charge >= 0.3 is 0 Å². The van der Waals surface area contributed by atoms with Crippen molar-refractivity contribution in [2.45, 2.75) is 33.0 Å². The maximum atomic E-state index is 10.6. The molecule has 0 heterocycles. The molecule has 0 saturated carbocycles. The van der Waals surface area contributed by atoms with E-state index in [0.717, 1.165) is 0 Å². The molecule has 0 fully saturated rings. The van der Waals surface area contributed by atoms with Crippen LogP contribution in [0.2, 0.25) is 0 Å². The van der Waals surface area contributed by atoms with E-state index in [1.807, 2.05) is 13.8 Å². The zero-order valence-corrected chi connectivity index (χ0v) is 9.51. The van der Waals surface area contributed by atoms with Crippen LogP contribution in [0.15, 0.2) is 18.2 Å². The third kappa shape index (κ3) is 2.93. The molecule has 0 unspecified atom stereocenters. The molecule has 1 N–H and O–H groups in total. The zero-order valence-electron chi connectivity index (χ0n) is 9.51. The summed E-state index contributed by atoms with van der Waals surface area (Å²) in [6, 6.07) is 4.21. The predicted molar refractivity (Wildman–Crippen MR) is 59.5 cm³/mol. The van der Waals surface area contributed by atoms with Gasteiger partial charge in [0.15, 0.2) is 0 Å². The van der Waals surface area contributed by atoms with Crippen LogP contribution in [-0.2, 0) is 0 Å². The number of benzene rings is 1. The number of ether oxygens (including phenoxy) is 1. The molecule has 0 radical (unpaired) electrons. The Hall–Kier alpha value is -1.62. The fourth-order valence-corrected chi connectivity index (χ4v) is 1.34. The number of aliphatic hydroxyl groups is 1. The maximum Gasteiger partial charge on any atom is 0.270 e. The molecule has 5 nitrogen and oxygen atoms in total. The summed E-state index contributed by atoms with van der Waals surface area (Å²) >= 11 is 0. The summed E-state index contributed by atoms with van der Waals surface area (Å²) < 4.78 is 5.46. The van der Waals surface area contributed by atoms with Crippen LogP contribution in [0.1, 0.15) is 32.4 Å². The molecule has 0 aliphatic carbocycles. The normalized spacial score (nSPS) is 12.6. The van der Waals surface area contributed by atoms with Crippen molar-refractivity contribution >= 4 is 5.69 Å². The highest BCUT2D eigenvalue weighted by Crippen LogP contribution is 2.29. The molecule has 0 aromatic heterocycles. The Kier molecular flexibility index (Phi) is 3.84. The smallest absolute Gasteiger partial charge is 0.270 e. The second kappa shape index (κ2) is 4.94. The van der Waals surface area contributed by atoms with Crippen molar-refractivity contribution in [2.75, 3.05) is 0 Å². The van der Waals surface area contributed by atoms with Gasteiger partial charge in [-0.25, -0.2) is 0 Å². The highest BCUT2D eigenvalue weighted by atomic mass is 16.6. The van der Waals surface area contributed by atoms with E-state index < -0.39 is 11.0 Å². The topological polar surface area (TPSA) is 72.6 Å². The molecule has 1 atom stereocenters. The molecule has 0 aliphatic rings. The molecule has 1 rings (SSSR count). The Morgan fingerprint density at radius 3 is 2.44 bits per heavy atom. The third-order valence-corrected chi connectivity index (χ3v) is 2.02. The number of non-ortho nitro benzene ring substituents is 1. The van der Waals surface area contributed by atoms with Gasteiger partial charge < -0.3 is 9.84 Å². The summed E-state index contributed by atoms with van der Waals surface area (Å²) in [6.45, 7) is 5.26. The van der Waals surface area contributed by atoms with E-state index >= 15 is 0 Å². The average Bonchev–Trinajstić information content (AvgIpc) is 2.16. The van der Waals surface area contributed by atoms with Crippen LogP contribution >= 0.6 is 0 Å². The number of nitro benzene ring substituents is 1. The van der Waals surface area contributed by atoms with E-state index in [4.69, 9.17) is 4.74 Å². The van der Waals surface area contributed by atoms with Gasteiger partial charge in [-0.2, -0.15) is 0 Å². The Bertz CT molecular complexity index is 388. The van der Waals surface area contributed by atoms with Crippen LogP contribution in [0.5, 0.6) is 5.75 Å². The van der Waals surface area contributed by atoms with Crippen molar-refractivity contribution in [3.8, 4) is 5.75 Å². The van der Waals surface area contributed by atoms with Gasteiger partial charge in [0.1, 0.15) is 5.75 Å². The van der Waals surface area contributed by atoms with Gasteiger partial charge in [-0.3, -0.25) is 10.1 Å². The number of rotatable bonds is 4. The quantitative estimate of drug-likeness (QED) is 0.631. The number of hydrogen-bond donors (Lipinski definition) is 1. The van der Waals surface area contributed by atoms with Crippen molar-refractivity contribution in [1.29, 1.82) is 0 Å². The average molecular weight is 225 g/mol. The molecule has 0 aliphatic heterocycles. The molecule has 0 bridgehead atoms. The third-order valence-electron chi connectivity index (χ3n) is 2.02. The standard InChI is InChI=1S/C11H15NO4/c1-7(2)16-11-5-4-9(12(14)15)6-10(11)8(3)13/h4-8,13H,1-3H3/t8-/m1/s1. The minimum absolute atomic E-state index is 0.0426. The van der Waals surface area contributed by atoms with Crippen molar-refractivity contribution in [3.63, 3.8) is 0 Å². The van der Waals surface area contributed by atoms with E-state index in [-0.39, 0.29) is 11.8 Å². The first-order chi connectivity index (χ1) is 7.41. The summed E-state index contributed by atoms with van der Waals surface area (Å²) in [7, 11) is 0. The van der Waals surface area contributed by atoms with E-state index in [2.05, 4.69) is 0 Å². The molecule has 88 valence electrons. The van der Waals surface area contributed by atoms with Crippen LogP contribution in [0, 0.1) is 10.1 Å². The molecular formula is C11H15NO4. The first kappa shape index (κ1) is 12.4. The Morgan fingerprint density at radius 2 is 2.00 bits per heavy atom. The molecule has 1 aromatic carbocycles. The first-order valence-corrected chi connectivity index (χ1v) is 5.05. The molecule has 1 aromatic rings. The van der Waals surface area contributed by atoms with Crippen LogP contribution < -0.4 is 4.74 Å². The molecule has 0 saturated heterocycles. The van der Waals surface area contributed by atoms with Gasteiger partial charge in [0, 0.05) is 17.7 Å². The van der Waals surface area contributed by atoms with Gasteiger partial charge in [-0.05, 0) is 26.8 Å². The lowest BCUT2D eigenvalue weighted by Gasteiger charge is -2.15. The Balaban J connectivity index is 3.14. The minimum Gasteiger partial charge on any atom is -0.491 e. The lowest BCUT2D eigenvalue weighted by Crippen LogP contribution is -2.08. The summed E-state index contributed by atoms with van der Waals surface area (Å²) in [5, 5.41) is 20.1. The Labute approximate surface area is 93.8 Å². The molecule has 0 amide bonds. The van der Waals surface area contributed by atoms with Gasteiger partial charge in [0.05, 0.1) is 17.1 Å². The number of nitro groups is 1. The lowest BCUT2D eigenvalue weighted by atomic mass is 10.1. The second-order valence-electron chi connectivity index (χ2n) is 3.82. The SMILES string of the molecule is CC(C)Oc1ccc([N+](=O)[O-])cc1[C@@H](C)O. The lowest BCUT2D eigenvalue weighted by molar-refractivity contribution is -0.385. The van der Waals surface area contributed by atoms with E-state index in [1.54, 1.807) is 6.92 Å². The number of aliphatic hydroxyl groups excluding tert-OH is 1. The summed E-state index contributed by atoms with van der Waals surface area (Å²) in [4.78, 5) is 10.1. The monoisotopic (exact) mass is 225 g/mol. The van der Waals surface area contributed by atoms with Crippen molar-refractivity contribution < 1.29 is 14.8 Å². The van der Waals surface area contributed by atoms with Crippen molar-refractivity contribution in [3.05, 3.63) is 33.9 Å². The van der Waals surface area contributed by atoms with E-state index in [1.165, 1.54) is 18.2 Å². The molecule has 0 spiro atoms. The largest absolute Gasteiger partial charge is 0.491 e. The minimum atomic E-state index is -0.798. The van der Waals surface area contributed by atoms with Crippen LogP contribution in [0.25, 0.3) is 0 Å². The van der Waals surface area contributed by atoms with E-state index in [0.29, 0.717) is 11.3 Å². The van der Waals surface area contributed by atoms with Crippen LogP contribution in [-0.4, -0.2) is 16.1 Å². The van der Waals surface area contributed by atoms with E-state index in [9.17, 15) is 15.2 Å². The summed E-state index contributed by atoms with van der Waals surface area (Å²) in [5.74, 6) is 0.482. The van der Waals surface area contributed by atoms with Crippen molar-refractivity contribution in [2.24, 2.45) is 0 Å². The van der Waals surface area contributed by atoms with Crippen molar-refractivity contribution in [1.82, 2.24) is 0 Å². The number of hydrogen-bond acceptors (Lipinski definition) is 4. The zero-order chi connectivity index (χ0) is 12.3. The van der Waals surface area contributed by atoms with Crippen LogP contribution in [0.4, 0.5) is 5.69 Å². The summed E-state index contributed by atoms with van der Waals surface area (Å²) in [5.41, 5.74) is 0.384. The second-order valence-corrected chi connectivity index (χ2v) is 3.82. The van der Waals surface area contributed by atoms with Gasteiger partial charge in [0.25, 0.3) is 5.69 Å². The highest BCUT2D eigenvalue weighted by molar-refractivity contribution is 5.44. The molecular weight excluding hydrogens is 210 g/mol. The van der Waals surface area contributed by atoms with Crippen LogP contribution in [0.3, 0.4) is 0 Å². The maximum absolute atomic E-state index is 10.6. The molecule has 5 heteroatoms. The fraction of sp³-hybridized carbons (Fsp3) is 0.455. The Morgan fingerprint density at radius 1 is 1.38 bits per heavy atom.